The molecule has 0 aliphatic rings. The zero-order valence-electron chi connectivity index (χ0n) is 9.03. The monoisotopic (exact) mass is 208 g/mol. The summed E-state index contributed by atoms with van der Waals surface area (Å²) in [5, 5.41) is 12.1. The van der Waals surface area contributed by atoms with Gasteiger partial charge in [0.05, 0.1) is 5.69 Å². The number of carbonyl (C=O) groups is 1. The standard InChI is InChI=1S/C11H16N2O2/c1-3-5-8(2)13-9-6-4-7-12-10(9)11(14)15/h4,6-8,13H,3,5H2,1-2H3,(H,14,15). The molecule has 0 bridgehead atoms. The SMILES string of the molecule is CCCC(C)Nc1cccnc1C(=O)O. The van der Waals surface area contributed by atoms with Crippen molar-refractivity contribution in [3.05, 3.63) is 24.0 Å². The zero-order chi connectivity index (χ0) is 11.3. The van der Waals surface area contributed by atoms with Crippen LogP contribution >= 0.6 is 0 Å². The number of rotatable bonds is 5. The van der Waals surface area contributed by atoms with E-state index < -0.39 is 5.97 Å². The molecule has 4 heteroatoms. The molecule has 1 unspecified atom stereocenters. The van der Waals surface area contributed by atoms with Crippen molar-refractivity contribution in [1.29, 1.82) is 0 Å². The molecule has 0 amide bonds. The van der Waals surface area contributed by atoms with Crippen LogP contribution in [-0.4, -0.2) is 22.1 Å². The van der Waals surface area contributed by atoms with Gasteiger partial charge in [0, 0.05) is 12.2 Å². The highest BCUT2D eigenvalue weighted by Crippen LogP contribution is 2.14. The smallest absolute Gasteiger partial charge is 0.356 e. The minimum atomic E-state index is -0.998. The number of nitrogens with one attached hydrogen (secondary N) is 1. The van der Waals surface area contributed by atoms with Crippen LogP contribution in [0.15, 0.2) is 18.3 Å². The molecule has 1 aromatic heterocycles. The maximum Gasteiger partial charge on any atom is 0.356 e. The molecule has 0 spiro atoms. The number of aromatic carboxylic acids is 1. The van der Waals surface area contributed by atoms with Crippen molar-refractivity contribution in [2.24, 2.45) is 0 Å². The van der Waals surface area contributed by atoms with Gasteiger partial charge in [-0.05, 0) is 25.5 Å². The number of pyridine rings is 1. The number of anilines is 1. The van der Waals surface area contributed by atoms with E-state index in [1.54, 1.807) is 12.1 Å². The minimum absolute atomic E-state index is 0.0838. The molecule has 15 heavy (non-hydrogen) atoms. The van der Waals surface area contributed by atoms with E-state index in [1.807, 2.05) is 6.92 Å². The Morgan fingerprint density at radius 3 is 3.00 bits per heavy atom. The molecule has 0 aliphatic carbocycles. The molecule has 0 radical (unpaired) electrons. The van der Waals surface area contributed by atoms with Gasteiger partial charge in [-0.1, -0.05) is 13.3 Å². The summed E-state index contributed by atoms with van der Waals surface area (Å²) in [6.07, 6.45) is 3.56. The fraction of sp³-hybridized carbons (Fsp3) is 0.455. The lowest BCUT2D eigenvalue weighted by molar-refractivity contribution is 0.0691. The first-order chi connectivity index (χ1) is 7.15. The molecule has 1 rings (SSSR count). The Labute approximate surface area is 89.3 Å². The molecule has 0 fully saturated rings. The zero-order valence-corrected chi connectivity index (χ0v) is 9.03. The number of aromatic nitrogens is 1. The maximum absolute atomic E-state index is 10.9. The predicted molar refractivity (Wildman–Crippen MR) is 59.2 cm³/mol. The molecule has 4 nitrogen and oxygen atoms in total. The van der Waals surface area contributed by atoms with Gasteiger partial charge in [0.2, 0.25) is 0 Å². The predicted octanol–water partition coefficient (Wildman–Crippen LogP) is 2.38. The number of carboxylic acid groups (broad SMARTS) is 1. The Hall–Kier alpha value is -1.58. The Morgan fingerprint density at radius 2 is 2.40 bits per heavy atom. The number of nitrogens with zero attached hydrogens (tertiary/aromatic N) is 1. The van der Waals surface area contributed by atoms with E-state index in [0.717, 1.165) is 12.8 Å². The minimum Gasteiger partial charge on any atom is -0.476 e. The summed E-state index contributed by atoms with van der Waals surface area (Å²) in [5.41, 5.74) is 0.673. The summed E-state index contributed by atoms with van der Waals surface area (Å²) in [4.78, 5) is 14.7. The fourth-order valence-electron chi connectivity index (χ4n) is 1.46. The van der Waals surface area contributed by atoms with Gasteiger partial charge in [-0.15, -0.1) is 0 Å². The molecule has 0 aromatic carbocycles. The Kier molecular flexibility index (Phi) is 4.09. The summed E-state index contributed by atoms with van der Waals surface area (Å²) >= 11 is 0. The van der Waals surface area contributed by atoms with Crippen LogP contribution in [0, 0.1) is 0 Å². The number of hydrogen-bond donors (Lipinski definition) is 2. The molecule has 1 heterocycles. The Bertz CT molecular complexity index is 339. The second-order valence-corrected chi connectivity index (χ2v) is 3.54. The molecule has 1 aromatic rings. The molecule has 1 atom stereocenters. The second-order valence-electron chi connectivity index (χ2n) is 3.54. The molecule has 2 N–H and O–H groups in total. The summed E-state index contributed by atoms with van der Waals surface area (Å²) in [6.45, 7) is 4.13. The van der Waals surface area contributed by atoms with Crippen LogP contribution in [0.1, 0.15) is 37.2 Å². The fourth-order valence-corrected chi connectivity index (χ4v) is 1.46. The summed E-state index contributed by atoms with van der Waals surface area (Å²) in [7, 11) is 0. The number of carboxylic acids is 1. The quantitative estimate of drug-likeness (QED) is 0.779. The van der Waals surface area contributed by atoms with Crippen molar-refractivity contribution in [2.45, 2.75) is 32.7 Å². The normalized spacial score (nSPS) is 12.1. The van der Waals surface area contributed by atoms with Gasteiger partial charge >= 0.3 is 5.97 Å². The molecule has 0 aliphatic heterocycles. The molecule has 0 saturated carbocycles. The molecular formula is C11H16N2O2. The third-order valence-corrected chi connectivity index (χ3v) is 2.13. The van der Waals surface area contributed by atoms with Gasteiger partial charge in [-0.25, -0.2) is 9.78 Å². The third kappa shape index (κ3) is 3.23. The van der Waals surface area contributed by atoms with Gasteiger partial charge in [0.1, 0.15) is 0 Å². The summed E-state index contributed by atoms with van der Waals surface area (Å²) in [5.74, 6) is -0.998. The molecule has 0 saturated heterocycles. The first-order valence-corrected chi connectivity index (χ1v) is 5.10. The lowest BCUT2D eigenvalue weighted by atomic mass is 10.2. The van der Waals surface area contributed by atoms with Crippen molar-refractivity contribution in [3.8, 4) is 0 Å². The van der Waals surface area contributed by atoms with Gasteiger partial charge in [-0.3, -0.25) is 0 Å². The van der Waals surface area contributed by atoms with Crippen LogP contribution in [0.4, 0.5) is 5.69 Å². The van der Waals surface area contributed by atoms with Crippen molar-refractivity contribution in [3.63, 3.8) is 0 Å². The van der Waals surface area contributed by atoms with Gasteiger partial charge < -0.3 is 10.4 Å². The van der Waals surface area contributed by atoms with E-state index in [0.29, 0.717) is 5.69 Å². The average molecular weight is 208 g/mol. The van der Waals surface area contributed by atoms with Crippen molar-refractivity contribution in [1.82, 2.24) is 4.98 Å². The Balaban J connectivity index is 2.79. The highest BCUT2D eigenvalue weighted by Gasteiger charge is 2.12. The topological polar surface area (TPSA) is 62.2 Å². The summed E-state index contributed by atoms with van der Waals surface area (Å²) < 4.78 is 0. The second kappa shape index (κ2) is 5.34. The number of hydrogen-bond acceptors (Lipinski definition) is 3. The van der Waals surface area contributed by atoms with E-state index in [4.69, 9.17) is 5.11 Å². The summed E-state index contributed by atoms with van der Waals surface area (Å²) in [6, 6.07) is 3.73. The molecular weight excluding hydrogens is 192 g/mol. The van der Waals surface area contributed by atoms with Crippen LogP contribution < -0.4 is 5.32 Å². The van der Waals surface area contributed by atoms with Crippen LogP contribution in [-0.2, 0) is 0 Å². The van der Waals surface area contributed by atoms with Crippen LogP contribution in [0.5, 0.6) is 0 Å². The van der Waals surface area contributed by atoms with Gasteiger partial charge in [-0.2, -0.15) is 0 Å². The molecule has 82 valence electrons. The van der Waals surface area contributed by atoms with E-state index in [1.165, 1.54) is 6.20 Å². The average Bonchev–Trinajstić information content (AvgIpc) is 2.18. The largest absolute Gasteiger partial charge is 0.476 e. The maximum atomic E-state index is 10.9. The van der Waals surface area contributed by atoms with Gasteiger partial charge in [0.25, 0.3) is 0 Å². The van der Waals surface area contributed by atoms with E-state index in [2.05, 4.69) is 17.2 Å². The Morgan fingerprint density at radius 1 is 1.67 bits per heavy atom. The van der Waals surface area contributed by atoms with E-state index in [9.17, 15) is 4.79 Å². The third-order valence-electron chi connectivity index (χ3n) is 2.13. The highest BCUT2D eigenvalue weighted by molar-refractivity contribution is 5.91. The van der Waals surface area contributed by atoms with E-state index in [-0.39, 0.29) is 11.7 Å². The lowest BCUT2D eigenvalue weighted by Gasteiger charge is -2.15. The first kappa shape index (κ1) is 11.5. The van der Waals surface area contributed by atoms with Crippen LogP contribution in [0.2, 0.25) is 0 Å². The highest BCUT2D eigenvalue weighted by atomic mass is 16.4. The van der Waals surface area contributed by atoms with Crippen LogP contribution in [0.3, 0.4) is 0 Å². The lowest BCUT2D eigenvalue weighted by Crippen LogP contribution is -2.17. The first-order valence-electron chi connectivity index (χ1n) is 5.10. The van der Waals surface area contributed by atoms with E-state index >= 15 is 0 Å². The van der Waals surface area contributed by atoms with Crippen molar-refractivity contribution in [2.75, 3.05) is 5.32 Å². The van der Waals surface area contributed by atoms with Crippen molar-refractivity contribution >= 4 is 11.7 Å². The van der Waals surface area contributed by atoms with Gasteiger partial charge in [0.15, 0.2) is 5.69 Å². The van der Waals surface area contributed by atoms with Crippen molar-refractivity contribution < 1.29 is 9.90 Å². The van der Waals surface area contributed by atoms with Crippen LogP contribution in [0.25, 0.3) is 0 Å².